The number of nitrogens with one attached hydrogen (secondary N) is 1. The molecule has 0 heterocycles. The first-order chi connectivity index (χ1) is 8.52. The predicted octanol–water partition coefficient (Wildman–Crippen LogP) is 4.61. The Labute approximate surface area is 117 Å². The number of halogens is 1. The molecule has 0 saturated carbocycles. The molecule has 0 aliphatic heterocycles. The molecule has 0 aromatic heterocycles. The highest BCUT2D eigenvalue weighted by molar-refractivity contribution is 6.31. The third-order valence-electron chi connectivity index (χ3n) is 3.22. The van der Waals surface area contributed by atoms with Crippen molar-refractivity contribution in [2.24, 2.45) is 5.92 Å². The van der Waals surface area contributed by atoms with Gasteiger partial charge in [-0.2, -0.15) is 0 Å². The second-order valence-electron chi connectivity index (χ2n) is 5.52. The standard InChI is InChI=1S/C16H26ClN/c1-5-18-15(10-12(2)3)9-8-14-7-6-13(4)11-16(14)17/h6-7,11-12,15,18H,5,8-10H2,1-4H3. The molecule has 1 unspecified atom stereocenters. The van der Waals surface area contributed by atoms with Crippen LogP contribution in [0.5, 0.6) is 0 Å². The molecule has 1 N–H and O–H groups in total. The zero-order chi connectivity index (χ0) is 13.5. The van der Waals surface area contributed by atoms with E-state index in [1.54, 1.807) is 0 Å². The fourth-order valence-corrected chi connectivity index (χ4v) is 2.68. The van der Waals surface area contributed by atoms with Crippen LogP contribution in [0.3, 0.4) is 0 Å². The second-order valence-corrected chi connectivity index (χ2v) is 5.92. The van der Waals surface area contributed by atoms with Crippen LogP contribution in [0.4, 0.5) is 0 Å². The first kappa shape index (κ1) is 15.5. The normalized spacial score (nSPS) is 13.0. The van der Waals surface area contributed by atoms with Gasteiger partial charge in [0.15, 0.2) is 0 Å². The minimum Gasteiger partial charge on any atom is -0.314 e. The summed E-state index contributed by atoms with van der Waals surface area (Å²) in [6, 6.07) is 6.97. The summed E-state index contributed by atoms with van der Waals surface area (Å²) in [5.41, 5.74) is 2.50. The Bertz CT molecular complexity index is 360. The molecule has 1 nitrogen and oxygen atoms in total. The van der Waals surface area contributed by atoms with Gasteiger partial charge < -0.3 is 5.32 Å². The third-order valence-corrected chi connectivity index (χ3v) is 3.57. The van der Waals surface area contributed by atoms with Gasteiger partial charge in [0.2, 0.25) is 0 Å². The number of benzene rings is 1. The molecule has 18 heavy (non-hydrogen) atoms. The van der Waals surface area contributed by atoms with Crippen LogP contribution < -0.4 is 5.32 Å². The van der Waals surface area contributed by atoms with Gasteiger partial charge >= 0.3 is 0 Å². The van der Waals surface area contributed by atoms with Gasteiger partial charge in [0, 0.05) is 11.1 Å². The largest absolute Gasteiger partial charge is 0.314 e. The van der Waals surface area contributed by atoms with E-state index >= 15 is 0 Å². The van der Waals surface area contributed by atoms with E-state index in [4.69, 9.17) is 11.6 Å². The average molecular weight is 268 g/mol. The van der Waals surface area contributed by atoms with Crippen molar-refractivity contribution in [2.75, 3.05) is 6.54 Å². The van der Waals surface area contributed by atoms with Gasteiger partial charge in [0.05, 0.1) is 0 Å². The summed E-state index contributed by atoms with van der Waals surface area (Å²) in [5.74, 6) is 0.738. The molecule has 0 aliphatic rings. The van der Waals surface area contributed by atoms with Crippen molar-refractivity contribution in [3.63, 3.8) is 0 Å². The summed E-state index contributed by atoms with van der Waals surface area (Å²) in [6.45, 7) is 9.85. The van der Waals surface area contributed by atoms with E-state index in [-0.39, 0.29) is 0 Å². The van der Waals surface area contributed by atoms with Gasteiger partial charge in [-0.15, -0.1) is 0 Å². The fraction of sp³-hybridized carbons (Fsp3) is 0.625. The van der Waals surface area contributed by atoms with Crippen molar-refractivity contribution in [2.45, 2.75) is 53.0 Å². The topological polar surface area (TPSA) is 12.0 Å². The molecule has 2 heteroatoms. The first-order valence-corrected chi connectivity index (χ1v) is 7.39. The number of hydrogen-bond donors (Lipinski definition) is 1. The molecular weight excluding hydrogens is 242 g/mol. The maximum absolute atomic E-state index is 6.28. The lowest BCUT2D eigenvalue weighted by Crippen LogP contribution is -2.30. The lowest BCUT2D eigenvalue weighted by Gasteiger charge is -2.20. The molecule has 1 aromatic carbocycles. The summed E-state index contributed by atoms with van der Waals surface area (Å²) in [7, 11) is 0. The van der Waals surface area contributed by atoms with E-state index in [9.17, 15) is 0 Å². The van der Waals surface area contributed by atoms with Crippen molar-refractivity contribution in [1.82, 2.24) is 5.32 Å². The van der Waals surface area contributed by atoms with E-state index in [0.29, 0.717) is 6.04 Å². The van der Waals surface area contributed by atoms with E-state index in [0.717, 1.165) is 30.3 Å². The SMILES string of the molecule is CCNC(CCc1ccc(C)cc1Cl)CC(C)C. The minimum absolute atomic E-state index is 0.604. The Morgan fingerprint density at radius 2 is 2.00 bits per heavy atom. The van der Waals surface area contributed by atoms with Crippen LogP contribution in [0.2, 0.25) is 5.02 Å². The van der Waals surface area contributed by atoms with Gasteiger partial charge in [-0.3, -0.25) is 0 Å². The van der Waals surface area contributed by atoms with Crippen molar-refractivity contribution < 1.29 is 0 Å². The molecule has 102 valence electrons. The Hall–Kier alpha value is -0.530. The second kappa shape index (κ2) is 7.81. The fourth-order valence-electron chi connectivity index (χ4n) is 2.35. The molecule has 0 saturated heterocycles. The lowest BCUT2D eigenvalue weighted by molar-refractivity contribution is 0.405. The summed E-state index contributed by atoms with van der Waals surface area (Å²) >= 11 is 6.28. The summed E-state index contributed by atoms with van der Waals surface area (Å²) in [6.07, 6.45) is 3.45. The summed E-state index contributed by atoms with van der Waals surface area (Å²) < 4.78 is 0. The molecule has 1 atom stereocenters. The van der Waals surface area contributed by atoms with Crippen molar-refractivity contribution in [1.29, 1.82) is 0 Å². The van der Waals surface area contributed by atoms with Crippen LogP contribution in [0, 0.1) is 12.8 Å². The first-order valence-electron chi connectivity index (χ1n) is 7.01. The molecule has 0 aliphatic carbocycles. The Kier molecular flexibility index (Phi) is 6.73. The van der Waals surface area contributed by atoms with E-state index in [1.807, 2.05) is 0 Å². The highest BCUT2D eigenvalue weighted by Gasteiger charge is 2.10. The molecule has 0 bridgehead atoms. The molecule has 0 radical (unpaired) electrons. The van der Waals surface area contributed by atoms with Crippen molar-refractivity contribution in [3.05, 3.63) is 34.3 Å². The van der Waals surface area contributed by atoms with Crippen molar-refractivity contribution in [3.8, 4) is 0 Å². The Morgan fingerprint density at radius 1 is 1.28 bits per heavy atom. The minimum atomic E-state index is 0.604. The maximum atomic E-state index is 6.28. The van der Waals surface area contributed by atoms with Gasteiger partial charge in [-0.25, -0.2) is 0 Å². The van der Waals surface area contributed by atoms with Crippen LogP contribution in [-0.2, 0) is 6.42 Å². The smallest absolute Gasteiger partial charge is 0.0440 e. The van der Waals surface area contributed by atoms with E-state index in [1.165, 1.54) is 17.5 Å². The monoisotopic (exact) mass is 267 g/mol. The predicted molar refractivity (Wildman–Crippen MR) is 81.4 cm³/mol. The van der Waals surface area contributed by atoms with Crippen LogP contribution in [0.25, 0.3) is 0 Å². The molecule has 0 fully saturated rings. The lowest BCUT2D eigenvalue weighted by atomic mass is 9.97. The van der Waals surface area contributed by atoms with Gasteiger partial charge in [-0.05, 0) is 55.8 Å². The van der Waals surface area contributed by atoms with Gasteiger partial charge in [0.25, 0.3) is 0 Å². The Balaban J connectivity index is 2.55. The molecular formula is C16H26ClN. The number of rotatable bonds is 7. The number of hydrogen-bond acceptors (Lipinski definition) is 1. The van der Waals surface area contributed by atoms with E-state index < -0.39 is 0 Å². The van der Waals surface area contributed by atoms with Crippen LogP contribution in [0.15, 0.2) is 18.2 Å². The van der Waals surface area contributed by atoms with Gasteiger partial charge in [0.1, 0.15) is 0 Å². The quantitative estimate of drug-likeness (QED) is 0.761. The van der Waals surface area contributed by atoms with Crippen LogP contribution in [0.1, 0.15) is 44.7 Å². The van der Waals surface area contributed by atoms with Crippen LogP contribution >= 0.6 is 11.6 Å². The third kappa shape index (κ3) is 5.41. The molecule has 0 spiro atoms. The highest BCUT2D eigenvalue weighted by atomic mass is 35.5. The summed E-state index contributed by atoms with van der Waals surface area (Å²) in [4.78, 5) is 0. The Morgan fingerprint density at radius 3 is 2.56 bits per heavy atom. The molecule has 1 aromatic rings. The van der Waals surface area contributed by atoms with Crippen LogP contribution in [-0.4, -0.2) is 12.6 Å². The number of aryl methyl sites for hydroxylation is 2. The maximum Gasteiger partial charge on any atom is 0.0440 e. The average Bonchev–Trinajstić information content (AvgIpc) is 2.27. The molecule has 1 rings (SSSR count). The summed E-state index contributed by atoms with van der Waals surface area (Å²) in [5, 5.41) is 4.48. The highest BCUT2D eigenvalue weighted by Crippen LogP contribution is 2.20. The zero-order valence-electron chi connectivity index (χ0n) is 12.1. The van der Waals surface area contributed by atoms with E-state index in [2.05, 4.69) is 51.2 Å². The van der Waals surface area contributed by atoms with Gasteiger partial charge in [-0.1, -0.05) is 44.5 Å². The zero-order valence-corrected chi connectivity index (χ0v) is 12.8. The van der Waals surface area contributed by atoms with Crippen molar-refractivity contribution >= 4 is 11.6 Å². The molecule has 0 amide bonds.